The maximum Gasteiger partial charge on any atom is 0.573 e. The molecule has 23 heavy (non-hydrogen) atoms. The summed E-state index contributed by atoms with van der Waals surface area (Å²) >= 11 is 0. The Balaban J connectivity index is 2.05. The first-order valence-corrected chi connectivity index (χ1v) is 6.67. The van der Waals surface area contributed by atoms with Crippen molar-refractivity contribution in [3.8, 4) is 17.2 Å². The van der Waals surface area contributed by atoms with Crippen molar-refractivity contribution < 1.29 is 37.1 Å². The van der Waals surface area contributed by atoms with Gasteiger partial charge in [-0.15, -0.1) is 13.2 Å². The number of amides is 1. The van der Waals surface area contributed by atoms with Gasteiger partial charge in [0.2, 0.25) is 0 Å². The van der Waals surface area contributed by atoms with Crippen LogP contribution in [-0.4, -0.2) is 42.0 Å². The van der Waals surface area contributed by atoms with E-state index in [9.17, 15) is 28.2 Å². The average molecular weight is 332 g/mol. The zero-order chi connectivity index (χ0) is 16.8. The van der Waals surface area contributed by atoms with Crippen LogP contribution in [0, 0.1) is 5.21 Å². The van der Waals surface area contributed by atoms with E-state index in [0.717, 1.165) is 12.1 Å². The highest BCUT2D eigenvalue weighted by molar-refractivity contribution is 6.44. The number of benzene rings is 1. The molecule has 1 N–H and O–H groups in total. The van der Waals surface area contributed by atoms with Crippen LogP contribution in [0.4, 0.5) is 13.2 Å². The molecule has 0 atom stereocenters. The monoisotopic (exact) mass is 332 g/mol. The first-order chi connectivity index (χ1) is 10.8. The van der Waals surface area contributed by atoms with Gasteiger partial charge in [-0.25, -0.2) is 0 Å². The van der Waals surface area contributed by atoms with Crippen molar-refractivity contribution >= 4 is 13.0 Å². The summed E-state index contributed by atoms with van der Waals surface area (Å²) in [5.74, 6) is -2.63. The minimum atomic E-state index is -5.06. The van der Waals surface area contributed by atoms with E-state index < -0.39 is 42.5 Å². The molecule has 2 aliphatic rings. The predicted octanol–water partition coefficient (Wildman–Crippen LogP) is 1.48. The number of halogens is 3. The van der Waals surface area contributed by atoms with Crippen LogP contribution in [0.5, 0.6) is 17.2 Å². The van der Waals surface area contributed by atoms with Gasteiger partial charge in [-0.1, -0.05) is 0 Å². The Morgan fingerprint density at radius 1 is 1.43 bits per heavy atom. The molecule has 0 unspecified atom stereocenters. The molecule has 11 heteroatoms. The Kier molecular flexibility index (Phi) is 3.76. The van der Waals surface area contributed by atoms with Crippen LogP contribution in [0.15, 0.2) is 12.1 Å². The summed E-state index contributed by atoms with van der Waals surface area (Å²) in [7, 11) is -1.48. The summed E-state index contributed by atoms with van der Waals surface area (Å²) in [4.78, 5) is 12.3. The van der Waals surface area contributed by atoms with E-state index in [2.05, 4.69) is 4.74 Å². The molecule has 0 radical (unpaired) electrons. The van der Waals surface area contributed by atoms with Crippen molar-refractivity contribution in [1.82, 2.24) is 5.06 Å². The van der Waals surface area contributed by atoms with Crippen molar-refractivity contribution in [1.29, 1.82) is 0 Å². The zero-order valence-corrected chi connectivity index (χ0v) is 11.5. The molecule has 1 fully saturated rings. The van der Waals surface area contributed by atoms with E-state index in [-0.39, 0.29) is 17.3 Å². The van der Waals surface area contributed by atoms with Crippen LogP contribution in [0.25, 0.3) is 0 Å². The highest BCUT2D eigenvalue weighted by Gasteiger charge is 2.38. The molecule has 1 aromatic carbocycles. The number of hydroxylamine groups is 2. The lowest BCUT2D eigenvalue weighted by Gasteiger charge is -2.31. The molecule has 1 amide bonds. The molecule has 1 aromatic rings. The topological polar surface area (TPSA) is 91.3 Å². The molecule has 1 aliphatic carbocycles. The molecule has 0 spiro atoms. The summed E-state index contributed by atoms with van der Waals surface area (Å²) in [6.45, 7) is -0.260. The number of alkyl halides is 3. The van der Waals surface area contributed by atoms with Crippen LogP contribution in [0.3, 0.4) is 0 Å². The van der Waals surface area contributed by atoms with E-state index in [0.29, 0.717) is 12.8 Å². The number of rotatable bonds is 3. The minimum Gasteiger partial charge on any atom is -0.756 e. The lowest BCUT2D eigenvalue weighted by molar-refractivity contribution is -0.274. The summed E-state index contributed by atoms with van der Waals surface area (Å²) in [5.41, 5.74) is -0.722. The van der Waals surface area contributed by atoms with Crippen LogP contribution >= 0.6 is 0 Å². The van der Waals surface area contributed by atoms with Gasteiger partial charge < -0.3 is 29.4 Å². The molecule has 0 aromatic heterocycles. The maximum atomic E-state index is 12.5. The smallest absolute Gasteiger partial charge is 0.573 e. The SMILES string of the molecule is O=C(c1c(OC(F)(F)F)ccc2c1OB(O)CO2)N([O-])C1CC1. The lowest BCUT2D eigenvalue weighted by Crippen LogP contribution is -2.36. The molecule has 0 saturated heterocycles. The van der Waals surface area contributed by atoms with Crippen molar-refractivity contribution in [2.24, 2.45) is 0 Å². The fraction of sp³-hybridized carbons (Fsp3) is 0.417. The number of hydrogen-bond donors (Lipinski definition) is 1. The van der Waals surface area contributed by atoms with Crippen molar-refractivity contribution in [2.75, 3.05) is 6.51 Å². The Morgan fingerprint density at radius 3 is 2.74 bits per heavy atom. The Hall–Kier alpha value is -2.14. The second-order valence-corrected chi connectivity index (χ2v) is 5.06. The van der Waals surface area contributed by atoms with Crippen LogP contribution < -0.4 is 14.1 Å². The number of carbonyl (C=O) groups is 1. The van der Waals surface area contributed by atoms with E-state index >= 15 is 0 Å². The van der Waals surface area contributed by atoms with E-state index in [1.165, 1.54) is 0 Å². The third-order valence-electron chi connectivity index (χ3n) is 3.24. The largest absolute Gasteiger partial charge is 0.756 e. The zero-order valence-electron chi connectivity index (χ0n) is 11.5. The Bertz CT molecular complexity index is 636. The second-order valence-electron chi connectivity index (χ2n) is 5.06. The average Bonchev–Trinajstić information content (AvgIpc) is 3.28. The van der Waals surface area contributed by atoms with Gasteiger partial charge in [-0.05, 0) is 25.0 Å². The third-order valence-corrected chi connectivity index (χ3v) is 3.24. The number of nitrogens with zero attached hydrogens (tertiary/aromatic N) is 1. The van der Waals surface area contributed by atoms with Gasteiger partial charge >= 0.3 is 13.5 Å². The van der Waals surface area contributed by atoms with E-state index in [1.54, 1.807) is 0 Å². The van der Waals surface area contributed by atoms with Gasteiger partial charge in [0.15, 0.2) is 11.5 Å². The number of hydrogen-bond acceptors (Lipinski definition) is 6. The molecule has 124 valence electrons. The minimum absolute atomic E-state index is 0.0580. The first-order valence-electron chi connectivity index (χ1n) is 6.67. The molecular weight excluding hydrogens is 322 g/mol. The molecule has 3 rings (SSSR count). The predicted molar refractivity (Wildman–Crippen MR) is 69.8 cm³/mol. The number of carbonyl (C=O) groups excluding carboxylic acids is 1. The van der Waals surface area contributed by atoms with Crippen LogP contribution in [0.2, 0.25) is 0 Å². The highest BCUT2D eigenvalue weighted by Crippen LogP contribution is 2.43. The molecule has 7 nitrogen and oxygen atoms in total. The van der Waals surface area contributed by atoms with Crippen molar-refractivity contribution in [3.63, 3.8) is 0 Å². The third kappa shape index (κ3) is 3.29. The van der Waals surface area contributed by atoms with Gasteiger partial charge in [-0.2, -0.15) is 0 Å². The van der Waals surface area contributed by atoms with E-state index in [4.69, 9.17) is 9.39 Å². The molecule has 1 heterocycles. The Morgan fingerprint density at radius 2 is 2.13 bits per heavy atom. The summed E-state index contributed by atoms with van der Waals surface area (Å²) in [5, 5.41) is 21.4. The Labute approximate surface area is 128 Å². The van der Waals surface area contributed by atoms with Crippen molar-refractivity contribution in [2.45, 2.75) is 25.2 Å². The highest BCUT2D eigenvalue weighted by atomic mass is 19.4. The van der Waals surface area contributed by atoms with Gasteiger partial charge in [0.25, 0.3) is 5.91 Å². The van der Waals surface area contributed by atoms with Gasteiger partial charge in [0.05, 0.1) is 0 Å². The summed E-state index contributed by atoms with van der Waals surface area (Å²) in [6, 6.07) is 1.39. The lowest BCUT2D eigenvalue weighted by atomic mass is 9.91. The quantitative estimate of drug-likeness (QED) is 0.666. The normalized spacial score (nSPS) is 17.0. The van der Waals surface area contributed by atoms with Crippen LogP contribution in [-0.2, 0) is 0 Å². The number of ether oxygens (including phenoxy) is 2. The first kappa shape index (κ1) is 15.7. The van der Waals surface area contributed by atoms with Crippen molar-refractivity contribution in [3.05, 3.63) is 22.9 Å². The standard InChI is InChI=1S/C12H10BF3NO6/c14-12(15,16)22-7-3-4-8-10(23-13(19)5-21-8)9(7)11(18)17(20)6-1-2-6/h3-4,6,19H,1-2,5H2/q-1. The molecular formula is C12H10BF3NO6-. The molecule has 1 aliphatic heterocycles. The molecule has 1 saturated carbocycles. The van der Waals surface area contributed by atoms with Crippen LogP contribution in [0.1, 0.15) is 23.2 Å². The summed E-state index contributed by atoms with van der Waals surface area (Å²) < 4.78 is 51.4. The summed E-state index contributed by atoms with van der Waals surface area (Å²) in [6.07, 6.45) is -4.12. The second kappa shape index (κ2) is 5.50. The number of fused-ring (bicyclic) bond motifs is 1. The van der Waals surface area contributed by atoms with Gasteiger partial charge in [0.1, 0.15) is 17.8 Å². The van der Waals surface area contributed by atoms with Gasteiger partial charge in [-0.3, -0.25) is 4.79 Å². The van der Waals surface area contributed by atoms with Gasteiger partial charge in [0, 0.05) is 6.04 Å². The van der Waals surface area contributed by atoms with E-state index in [1.807, 2.05) is 0 Å². The fourth-order valence-electron chi connectivity index (χ4n) is 2.10. The fourth-order valence-corrected chi connectivity index (χ4v) is 2.10. The molecule has 0 bridgehead atoms. The maximum absolute atomic E-state index is 12.5.